The van der Waals surface area contributed by atoms with Gasteiger partial charge >= 0.3 is 0 Å². The molecule has 16 heavy (non-hydrogen) atoms. The predicted molar refractivity (Wildman–Crippen MR) is 74.4 cm³/mol. The summed E-state index contributed by atoms with van der Waals surface area (Å²) in [5.41, 5.74) is 3.62. The van der Waals surface area contributed by atoms with Gasteiger partial charge in [-0.15, -0.1) is 0 Å². The number of alkyl halides is 1. The van der Waals surface area contributed by atoms with Crippen molar-refractivity contribution in [2.45, 2.75) is 44.9 Å². The van der Waals surface area contributed by atoms with Gasteiger partial charge in [0.05, 0.1) is 0 Å². The van der Waals surface area contributed by atoms with Gasteiger partial charge in [-0.3, -0.25) is 0 Å². The number of hydrogen-bond acceptors (Lipinski definition) is 0. The molecule has 88 valence electrons. The smallest absolute Gasteiger partial charge is 0.00684 e. The van der Waals surface area contributed by atoms with Crippen molar-refractivity contribution in [1.82, 2.24) is 0 Å². The summed E-state index contributed by atoms with van der Waals surface area (Å²) in [6, 6.07) is 9.24. The zero-order valence-corrected chi connectivity index (χ0v) is 12.3. The Labute approximate surface area is 108 Å². The van der Waals surface area contributed by atoms with E-state index in [2.05, 4.69) is 67.9 Å². The van der Waals surface area contributed by atoms with Crippen LogP contribution in [-0.4, -0.2) is 5.33 Å². The summed E-state index contributed by atoms with van der Waals surface area (Å²) in [7, 11) is 0. The highest BCUT2D eigenvalue weighted by molar-refractivity contribution is 9.09. The van der Waals surface area contributed by atoms with E-state index in [0.717, 1.165) is 11.2 Å². The lowest BCUT2D eigenvalue weighted by Crippen LogP contribution is -2.12. The zero-order valence-electron chi connectivity index (χ0n) is 10.7. The molecule has 0 spiro atoms. The summed E-state index contributed by atoms with van der Waals surface area (Å²) < 4.78 is 0. The lowest BCUT2D eigenvalue weighted by atomic mass is 9.85. The molecule has 2 atom stereocenters. The summed E-state index contributed by atoms with van der Waals surface area (Å²) >= 11 is 3.60. The van der Waals surface area contributed by atoms with E-state index in [-0.39, 0.29) is 5.41 Å². The lowest BCUT2D eigenvalue weighted by molar-refractivity contribution is 0.589. The molecule has 1 aromatic carbocycles. The van der Waals surface area contributed by atoms with Crippen LogP contribution in [0.4, 0.5) is 0 Å². The second-order valence-electron chi connectivity index (χ2n) is 6.30. The fourth-order valence-electron chi connectivity index (χ4n) is 2.38. The fraction of sp³-hybridized carbons (Fsp3) is 0.600. The highest BCUT2D eigenvalue weighted by Crippen LogP contribution is 2.54. The van der Waals surface area contributed by atoms with Crippen molar-refractivity contribution >= 4 is 15.9 Å². The molecule has 1 aromatic rings. The van der Waals surface area contributed by atoms with E-state index in [1.807, 2.05) is 0 Å². The molecule has 1 heteroatoms. The Kier molecular flexibility index (Phi) is 2.94. The molecular weight excluding hydrogens is 260 g/mol. The Bertz CT molecular complexity index is 371. The number of halogens is 1. The third kappa shape index (κ3) is 2.07. The lowest BCUT2D eigenvalue weighted by Gasteiger charge is -2.20. The Hall–Kier alpha value is -0.300. The number of benzene rings is 1. The van der Waals surface area contributed by atoms with Gasteiger partial charge in [-0.05, 0) is 34.3 Å². The van der Waals surface area contributed by atoms with Crippen molar-refractivity contribution < 1.29 is 0 Å². The second-order valence-corrected chi connectivity index (χ2v) is 6.95. The minimum atomic E-state index is 0.262. The molecule has 2 unspecified atom stereocenters. The molecule has 0 aromatic heterocycles. The first-order chi connectivity index (χ1) is 7.38. The van der Waals surface area contributed by atoms with Gasteiger partial charge in [-0.1, -0.05) is 67.9 Å². The first-order valence-electron chi connectivity index (χ1n) is 6.05. The molecule has 0 amide bonds. The molecule has 0 bridgehead atoms. The van der Waals surface area contributed by atoms with Gasteiger partial charge in [0.1, 0.15) is 0 Å². The maximum atomic E-state index is 3.60. The molecule has 0 radical (unpaired) electrons. The summed E-state index contributed by atoms with van der Waals surface area (Å²) in [5.74, 6) is 0.827. The van der Waals surface area contributed by atoms with Crippen molar-refractivity contribution in [3.05, 3.63) is 35.4 Å². The van der Waals surface area contributed by atoms with E-state index in [1.54, 1.807) is 0 Å². The first-order valence-corrected chi connectivity index (χ1v) is 7.17. The van der Waals surface area contributed by atoms with Crippen LogP contribution in [0, 0.1) is 5.92 Å². The van der Waals surface area contributed by atoms with Crippen molar-refractivity contribution in [3.8, 4) is 0 Å². The fourth-order valence-corrected chi connectivity index (χ4v) is 3.33. The van der Waals surface area contributed by atoms with E-state index in [1.165, 1.54) is 17.5 Å². The third-order valence-electron chi connectivity index (χ3n) is 4.01. The molecule has 1 saturated carbocycles. The Balaban J connectivity index is 2.21. The highest BCUT2D eigenvalue weighted by atomic mass is 79.9. The molecule has 2 rings (SSSR count). The molecule has 0 aliphatic heterocycles. The van der Waals surface area contributed by atoms with Gasteiger partial charge < -0.3 is 0 Å². The molecule has 1 aliphatic rings. The zero-order chi connectivity index (χ0) is 12.0. The Morgan fingerprint density at radius 1 is 1.25 bits per heavy atom. The van der Waals surface area contributed by atoms with Gasteiger partial charge in [0.2, 0.25) is 0 Å². The van der Waals surface area contributed by atoms with Crippen LogP contribution in [0.15, 0.2) is 24.3 Å². The van der Waals surface area contributed by atoms with Crippen LogP contribution in [0.2, 0.25) is 0 Å². The Morgan fingerprint density at radius 2 is 1.81 bits per heavy atom. The maximum absolute atomic E-state index is 3.60. The van der Waals surface area contributed by atoms with E-state index in [0.29, 0.717) is 5.41 Å². The molecule has 1 fully saturated rings. The van der Waals surface area contributed by atoms with Crippen LogP contribution < -0.4 is 0 Å². The normalized spacial score (nSPS) is 29.2. The summed E-state index contributed by atoms with van der Waals surface area (Å²) in [6.45, 7) is 9.18. The van der Waals surface area contributed by atoms with Crippen LogP contribution in [-0.2, 0) is 10.8 Å². The SMILES string of the molecule is CC(C)(C)c1ccc(C2(C)CC2CBr)cc1. The van der Waals surface area contributed by atoms with Crippen molar-refractivity contribution in [2.75, 3.05) is 5.33 Å². The maximum Gasteiger partial charge on any atom is 0.00684 e. The standard InChI is InChI=1S/C15H21Br/c1-14(2,3)11-5-7-12(8-6-11)15(4)9-13(15)10-16/h5-8,13H,9-10H2,1-4H3. The van der Waals surface area contributed by atoms with Gasteiger partial charge in [0.15, 0.2) is 0 Å². The molecule has 0 nitrogen and oxygen atoms in total. The topological polar surface area (TPSA) is 0 Å². The first kappa shape index (κ1) is 12.2. The van der Waals surface area contributed by atoms with Gasteiger partial charge in [0, 0.05) is 5.33 Å². The van der Waals surface area contributed by atoms with Crippen LogP contribution in [0.5, 0.6) is 0 Å². The van der Waals surface area contributed by atoms with Crippen molar-refractivity contribution in [2.24, 2.45) is 5.92 Å². The average molecular weight is 281 g/mol. The number of rotatable bonds is 2. The monoisotopic (exact) mass is 280 g/mol. The van der Waals surface area contributed by atoms with Crippen LogP contribution in [0.1, 0.15) is 45.2 Å². The molecular formula is C15H21Br. The molecule has 0 saturated heterocycles. The number of hydrogen-bond donors (Lipinski definition) is 0. The minimum Gasteiger partial charge on any atom is -0.0925 e. The van der Waals surface area contributed by atoms with E-state index in [4.69, 9.17) is 0 Å². The van der Waals surface area contributed by atoms with E-state index in [9.17, 15) is 0 Å². The Morgan fingerprint density at radius 3 is 2.19 bits per heavy atom. The molecule has 0 heterocycles. The van der Waals surface area contributed by atoms with Gasteiger partial charge in [-0.25, -0.2) is 0 Å². The van der Waals surface area contributed by atoms with Crippen molar-refractivity contribution in [3.63, 3.8) is 0 Å². The minimum absolute atomic E-state index is 0.262. The van der Waals surface area contributed by atoms with Crippen molar-refractivity contribution in [1.29, 1.82) is 0 Å². The van der Waals surface area contributed by atoms with E-state index < -0.39 is 0 Å². The van der Waals surface area contributed by atoms with E-state index >= 15 is 0 Å². The van der Waals surface area contributed by atoms with Gasteiger partial charge in [0.25, 0.3) is 0 Å². The van der Waals surface area contributed by atoms with Crippen LogP contribution in [0.3, 0.4) is 0 Å². The summed E-state index contributed by atoms with van der Waals surface area (Å²) in [4.78, 5) is 0. The quantitative estimate of drug-likeness (QED) is 0.692. The predicted octanol–water partition coefficient (Wildman–Crippen LogP) is 4.66. The highest BCUT2D eigenvalue weighted by Gasteiger charge is 2.50. The summed E-state index contributed by atoms with van der Waals surface area (Å²) in [5, 5.41) is 1.13. The largest absolute Gasteiger partial charge is 0.0925 e. The third-order valence-corrected chi connectivity index (χ3v) is 4.79. The second kappa shape index (κ2) is 3.87. The van der Waals surface area contributed by atoms with Crippen LogP contribution >= 0.6 is 15.9 Å². The molecule has 0 N–H and O–H groups in total. The van der Waals surface area contributed by atoms with Gasteiger partial charge in [-0.2, -0.15) is 0 Å². The van der Waals surface area contributed by atoms with Crippen LogP contribution in [0.25, 0.3) is 0 Å². The molecule has 1 aliphatic carbocycles. The average Bonchev–Trinajstić information content (AvgIpc) is 2.90. The summed E-state index contributed by atoms with van der Waals surface area (Å²) in [6.07, 6.45) is 1.33.